The summed E-state index contributed by atoms with van der Waals surface area (Å²) in [6, 6.07) is 3.45. The zero-order valence-electron chi connectivity index (χ0n) is 9.94. The lowest BCUT2D eigenvalue weighted by atomic mass is 10.1. The van der Waals surface area contributed by atoms with E-state index in [1.165, 1.54) is 6.20 Å². The number of fused-ring (bicyclic) bond motifs is 1. The zero-order valence-corrected chi connectivity index (χ0v) is 9.94. The van der Waals surface area contributed by atoms with E-state index < -0.39 is 11.6 Å². The van der Waals surface area contributed by atoms with E-state index in [1.807, 2.05) is 19.9 Å². The van der Waals surface area contributed by atoms with Crippen molar-refractivity contribution in [3.8, 4) is 0 Å². The first-order chi connectivity index (χ1) is 7.94. The van der Waals surface area contributed by atoms with Gasteiger partial charge in [0.2, 0.25) is 0 Å². The third-order valence-electron chi connectivity index (χ3n) is 2.88. The first-order valence-corrected chi connectivity index (χ1v) is 5.22. The summed E-state index contributed by atoms with van der Waals surface area (Å²) in [4.78, 5) is 18.0. The Hall–Kier alpha value is -1.88. The summed E-state index contributed by atoms with van der Waals surface area (Å²) >= 11 is 0. The van der Waals surface area contributed by atoms with Crippen LogP contribution in [0.3, 0.4) is 0 Å². The van der Waals surface area contributed by atoms with Gasteiger partial charge in [0.05, 0.1) is 5.56 Å². The maximum atomic E-state index is 10.8. The maximum Gasteiger partial charge on any atom is 0.337 e. The van der Waals surface area contributed by atoms with Gasteiger partial charge in [0.25, 0.3) is 0 Å². The highest BCUT2D eigenvalue weighted by Gasteiger charge is 2.22. The molecule has 0 aliphatic heterocycles. The van der Waals surface area contributed by atoms with Crippen molar-refractivity contribution in [1.29, 1.82) is 0 Å². The summed E-state index contributed by atoms with van der Waals surface area (Å²) in [5.74, 6) is -0.979. The van der Waals surface area contributed by atoms with Crippen molar-refractivity contribution in [3.63, 3.8) is 0 Å². The Morgan fingerprint density at radius 3 is 2.76 bits per heavy atom. The van der Waals surface area contributed by atoms with E-state index in [4.69, 9.17) is 9.84 Å². The molecule has 0 amide bonds. The number of ether oxygens (including phenoxy) is 1. The van der Waals surface area contributed by atoms with Gasteiger partial charge in [-0.1, -0.05) is 0 Å². The Morgan fingerprint density at radius 2 is 2.18 bits per heavy atom. The molecule has 0 aromatic carbocycles. The van der Waals surface area contributed by atoms with Crippen LogP contribution < -0.4 is 0 Å². The fourth-order valence-corrected chi connectivity index (χ4v) is 1.57. The van der Waals surface area contributed by atoms with Crippen molar-refractivity contribution in [2.75, 3.05) is 7.11 Å². The average molecular weight is 234 g/mol. The van der Waals surface area contributed by atoms with Crippen LogP contribution in [0.1, 0.15) is 29.9 Å². The molecular formula is C12H14N2O3. The predicted molar refractivity (Wildman–Crippen MR) is 63.1 cm³/mol. The van der Waals surface area contributed by atoms with E-state index in [0.29, 0.717) is 5.65 Å². The number of hydrogen-bond acceptors (Lipinski definition) is 3. The minimum atomic E-state index is -0.979. The molecule has 2 aromatic rings. The lowest BCUT2D eigenvalue weighted by Gasteiger charge is -2.20. The summed E-state index contributed by atoms with van der Waals surface area (Å²) in [5.41, 5.74) is 1.25. The van der Waals surface area contributed by atoms with Gasteiger partial charge in [-0.15, -0.1) is 0 Å². The number of carbonyl (C=O) groups is 1. The number of H-pyrrole nitrogens is 1. The van der Waals surface area contributed by atoms with Gasteiger partial charge < -0.3 is 14.8 Å². The molecule has 2 rings (SSSR count). The molecule has 0 aliphatic rings. The highest BCUT2D eigenvalue weighted by atomic mass is 16.5. The summed E-state index contributed by atoms with van der Waals surface area (Å²) < 4.78 is 5.36. The van der Waals surface area contributed by atoms with Crippen LogP contribution in [0.15, 0.2) is 18.3 Å². The second-order valence-corrected chi connectivity index (χ2v) is 4.36. The number of rotatable bonds is 3. The van der Waals surface area contributed by atoms with E-state index in [-0.39, 0.29) is 5.56 Å². The molecule has 5 nitrogen and oxygen atoms in total. The maximum absolute atomic E-state index is 10.8. The Kier molecular flexibility index (Phi) is 2.63. The van der Waals surface area contributed by atoms with Crippen LogP contribution in [0, 0.1) is 0 Å². The molecular weight excluding hydrogens is 220 g/mol. The highest BCUT2D eigenvalue weighted by molar-refractivity contribution is 5.92. The normalized spacial score (nSPS) is 11.9. The number of nitrogens with one attached hydrogen (secondary N) is 1. The fourth-order valence-electron chi connectivity index (χ4n) is 1.57. The van der Waals surface area contributed by atoms with Gasteiger partial charge in [0.1, 0.15) is 11.2 Å². The van der Waals surface area contributed by atoms with Gasteiger partial charge in [-0.25, -0.2) is 9.78 Å². The molecule has 0 radical (unpaired) electrons. The molecule has 5 heteroatoms. The molecule has 2 N–H and O–H groups in total. The number of nitrogens with zero attached hydrogens (tertiary/aromatic N) is 1. The number of carboxylic acid groups (broad SMARTS) is 1. The summed E-state index contributed by atoms with van der Waals surface area (Å²) in [7, 11) is 1.63. The standard InChI is InChI=1S/C12H14N2O3/c1-12(2,17-3)9-5-7-4-8(11(15)16)6-13-10(7)14-9/h4-6H,1-3H3,(H,13,14)(H,15,16). The first-order valence-electron chi connectivity index (χ1n) is 5.22. The van der Waals surface area contributed by atoms with Crippen LogP contribution in [-0.2, 0) is 10.3 Å². The van der Waals surface area contributed by atoms with Crippen molar-refractivity contribution < 1.29 is 14.6 Å². The molecule has 0 saturated carbocycles. The van der Waals surface area contributed by atoms with Gasteiger partial charge >= 0.3 is 5.97 Å². The monoisotopic (exact) mass is 234 g/mol. The summed E-state index contributed by atoms with van der Waals surface area (Å²) in [6.45, 7) is 3.85. The number of pyridine rings is 1. The van der Waals surface area contributed by atoms with Gasteiger partial charge in [-0.2, -0.15) is 0 Å². The molecule has 0 aliphatic carbocycles. The fraction of sp³-hybridized carbons (Fsp3) is 0.333. The van der Waals surface area contributed by atoms with Crippen molar-refractivity contribution in [2.45, 2.75) is 19.4 Å². The number of aromatic carboxylic acids is 1. The Bertz CT molecular complexity index is 572. The lowest BCUT2D eigenvalue weighted by molar-refractivity contribution is 0.0161. The largest absolute Gasteiger partial charge is 0.478 e. The van der Waals surface area contributed by atoms with Crippen LogP contribution in [0.5, 0.6) is 0 Å². The van der Waals surface area contributed by atoms with Gasteiger partial charge in [-0.05, 0) is 26.0 Å². The van der Waals surface area contributed by atoms with Crippen LogP contribution in [0.25, 0.3) is 11.0 Å². The second-order valence-electron chi connectivity index (χ2n) is 4.36. The smallest absolute Gasteiger partial charge is 0.337 e. The van der Waals surface area contributed by atoms with Crippen molar-refractivity contribution in [1.82, 2.24) is 9.97 Å². The Labute approximate surface area is 98.4 Å². The lowest BCUT2D eigenvalue weighted by Crippen LogP contribution is -2.19. The molecule has 0 fully saturated rings. The number of carboxylic acids is 1. The number of hydrogen-bond donors (Lipinski definition) is 2. The molecule has 0 atom stereocenters. The second kappa shape index (κ2) is 3.85. The van der Waals surface area contributed by atoms with Crippen LogP contribution >= 0.6 is 0 Å². The SMILES string of the molecule is COC(C)(C)c1cc2cc(C(=O)O)cnc2[nH]1. The van der Waals surface area contributed by atoms with Gasteiger partial charge in [0.15, 0.2) is 0 Å². The summed E-state index contributed by atoms with van der Waals surface area (Å²) in [5, 5.41) is 9.65. The van der Waals surface area contributed by atoms with E-state index >= 15 is 0 Å². The van der Waals surface area contributed by atoms with Crippen molar-refractivity contribution in [3.05, 3.63) is 29.6 Å². The van der Waals surface area contributed by atoms with Crippen molar-refractivity contribution >= 4 is 17.0 Å². The van der Waals surface area contributed by atoms with Crippen LogP contribution in [0.4, 0.5) is 0 Å². The Balaban J connectivity index is 2.54. The number of aromatic amines is 1. The molecule has 90 valence electrons. The summed E-state index contributed by atoms with van der Waals surface area (Å²) in [6.07, 6.45) is 1.34. The molecule has 2 aromatic heterocycles. The third kappa shape index (κ3) is 2.01. The average Bonchev–Trinajstić information content (AvgIpc) is 2.72. The number of methoxy groups -OCH3 is 1. The minimum Gasteiger partial charge on any atom is -0.478 e. The number of aromatic nitrogens is 2. The van der Waals surface area contributed by atoms with E-state index in [9.17, 15) is 4.79 Å². The third-order valence-corrected chi connectivity index (χ3v) is 2.88. The van der Waals surface area contributed by atoms with E-state index in [2.05, 4.69) is 9.97 Å². The quantitative estimate of drug-likeness (QED) is 0.853. The molecule has 0 spiro atoms. The minimum absolute atomic E-state index is 0.179. The van der Waals surface area contributed by atoms with Crippen LogP contribution in [-0.4, -0.2) is 28.2 Å². The highest BCUT2D eigenvalue weighted by Crippen LogP contribution is 2.26. The first kappa shape index (κ1) is 11.6. The van der Waals surface area contributed by atoms with Crippen molar-refractivity contribution in [2.24, 2.45) is 0 Å². The topological polar surface area (TPSA) is 75.2 Å². The Morgan fingerprint density at radius 1 is 1.47 bits per heavy atom. The zero-order chi connectivity index (χ0) is 12.6. The molecule has 0 bridgehead atoms. The molecule has 2 heterocycles. The van der Waals surface area contributed by atoms with Gasteiger partial charge in [-0.3, -0.25) is 0 Å². The van der Waals surface area contributed by atoms with Crippen LogP contribution in [0.2, 0.25) is 0 Å². The van der Waals surface area contributed by atoms with E-state index in [0.717, 1.165) is 11.1 Å². The van der Waals surface area contributed by atoms with E-state index in [1.54, 1.807) is 13.2 Å². The molecule has 17 heavy (non-hydrogen) atoms. The molecule has 0 saturated heterocycles. The van der Waals surface area contributed by atoms with Gasteiger partial charge in [0, 0.05) is 24.4 Å². The molecule has 0 unspecified atom stereocenters. The predicted octanol–water partition coefficient (Wildman–Crippen LogP) is 2.14.